The van der Waals surface area contributed by atoms with Gasteiger partial charge in [-0.15, -0.1) is 0 Å². The number of fused-ring (bicyclic) bond motifs is 1. The van der Waals surface area contributed by atoms with Crippen LogP contribution in [0, 0.1) is 12.8 Å². The number of methoxy groups -OCH3 is 1. The minimum absolute atomic E-state index is 0.0827. The lowest BCUT2D eigenvalue weighted by molar-refractivity contribution is -0.137. The Morgan fingerprint density at radius 3 is 2.59 bits per heavy atom. The lowest BCUT2D eigenvalue weighted by atomic mass is 10.0. The largest absolute Gasteiger partial charge is 0.493 e. The SMILES string of the molecule is COc1cc2nc(C)nc(N[C@H](C)c3cccc(C(F)(F)F)c3)c2cc1OC(C)[C@@H]1CCOC1. The average Bonchev–Trinajstić information content (AvgIpc) is 3.33. The summed E-state index contributed by atoms with van der Waals surface area (Å²) >= 11 is 0. The van der Waals surface area contributed by atoms with Crippen molar-refractivity contribution in [2.75, 3.05) is 25.6 Å². The highest BCUT2D eigenvalue weighted by atomic mass is 19.4. The monoisotopic (exact) mass is 475 g/mol. The highest BCUT2D eigenvalue weighted by Gasteiger charge is 2.31. The van der Waals surface area contributed by atoms with Crippen LogP contribution in [0.3, 0.4) is 0 Å². The first-order valence-corrected chi connectivity index (χ1v) is 11.2. The van der Waals surface area contributed by atoms with Gasteiger partial charge in [0.05, 0.1) is 24.8 Å². The molecule has 9 heteroatoms. The van der Waals surface area contributed by atoms with Gasteiger partial charge in [-0.3, -0.25) is 0 Å². The molecule has 182 valence electrons. The maximum atomic E-state index is 13.2. The molecule has 1 fully saturated rings. The van der Waals surface area contributed by atoms with E-state index < -0.39 is 17.8 Å². The van der Waals surface area contributed by atoms with E-state index in [0.717, 1.165) is 25.2 Å². The lowest BCUT2D eigenvalue weighted by Crippen LogP contribution is -2.24. The first-order chi connectivity index (χ1) is 16.2. The number of anilines is 1. The number of rotatable bonds is 7. The molecule has 3 atom stereocenters. The third kappa shape index (κ3) is 5.19. The zero-order valence-electron chi connectivity index (χ0n) is 19.6. The van der Waals surface area contributed by atoms with E-state index >= 15 is 0 Å². The molecule has 4 rings (SSSR count). The number of alkyl halides is 3. The van der Waals surface area contributed by atoms with E-state index in [4.69, 9.17) is 14.2 Å². The second-order valence-electron chi connectivity index (χ2n) is 8.58. The van der Waals surface area contributed by atoms with Crippen molar-refractivity contribution >= 4 is 16.7 Å². The van der Waals surface area contributed by atoms with Crippen LogP contribution in [0.25, 0.3) is 10.9 Å². The van der Waals surface area contributed by atoms with Gasteiger partial charge in [-0.25, -0.2) is 9.97 Å². The molecular weight excluding hydrogens is 447 g/mol. The Balaban J connectivity index is 1.68. The minimum Gasteiger partial charge on any atom is -0.493 e. The summed E-state index contributed by atoms with van der Waals surface area (Å²) in [6.45, 7) is 6.94. The summed E-state index contributed by atoms with van der Waals surface area (Å²) in [4.78, 5) is 9.04. The highest BCUT2D eigenvalue weighted by molar-refractivity contribution is 5.92. The predicted octanol–water partition coefficient (Wildman–Crippen LogP) is 5.94. The molecule has 0 spiro atoms. The van der Waals surface area contributed by atoms with Gasteiger partial charge in [0.1, 0.15) is 17.7 Å². The van der Waals surface area contributed by atoms with Gasteiger partial charge in [0, 0.05) is 30.0 Å². The van der Waals surface area contributed by atoms with E-state index in [1.54, 1.807) is 33.1 Å². The minimum atomic E-state index is -4.40. The number of aromatic nitrogens is 2. The number of hydrogen-bond acceptors (Lipinski definition) is 6. The van der Waals surface area contributed by atoms with Crippen LogP contribution in [0.4, 0.5) is 19.0 Å². The van der Waals surface area contributed by atoms with Crippen LogP contribution in [0.15, 0.2) is 36.4 Å². The number of aryl methyl sites for hydroxylation is 1. The standard InChI is InChI=1S/C25H28F3N3O3/c1-14(17-6-5-7-19(10-17)25(26,27)28)29-24-20-11-23(34-15(2)18-8-9-33-13-18)22(32-4)12-21(20)30-16(3)31-24/h5-7,10-12,14-15,18H,8-9,13H2,1-4H3,(H,29,30,31)/t14-,15?,18-/m1/s1. The van der Waals surface area contributed by atoms with Gasteiger partial charge in [0.2, 0.25) is 0 Å². The zero-order chi connectivity index (χ0) is 24.5. The van der Waals surface area contributed by atoms with Gasteiger partial charge in [0.15, 0.2) is 11.5 Å². The molecule has 3 aromatic rings. The molecule has 1 aliphatic heterocycles. The smallest absolute Gasteiger partial charge is 0.416 e. The van der Waals surface area contributed by atoms with E-state index in [1.165, 1.54) is 6.07 Å². The van der Waals surface area contributed by atoms with Gasteiger partial charge < -0.3 is 19.5 Å². The van der Waals surface area contributed by atoms with Crippen LogP contribution in [0.5, 0.6) is 11.5 Å². The molecule has 0 bridgehead atoms. The number of ether oxygens (including phenoxy) is 3. The normalized spacial score (nSPS) is 18.0. The van der Waals surface area contributed by atoms with Crippen molar-refractivity contribution in [3.63, 3.8) is 0 Å². The Labute approximate surface area is 196 Å². The van der Waals surface area contributed by atoms with Crippen LogP contribution in [0.2, 0.25) is 0 Å². The summed E-state index contributed by atoms with van der Waals surface area (Å²) in [5.41, 5.74) is 0.457. The second kappa shape index (κ2) is 9.66. The quantitative estimate of drug-likeness (QED) is 0.456. The van der Waals surface area contributed by atoms with Crippen LogP contribution in [0.1, 0.15) is 43.3 Å². The lowest BCUT2D eigenvalue weighted by Gasteiger charge is -2.22. The van der Waals surface area contributed by atoms with Crippen LogP contribution in [-0.2, 0) is 10.9 Å². The number of halogens is 3. The maximum Gasteiger partial charge on any atom is 0.416 e. The Bertz CT molecular complexity index is 1160. The molecule has 1 unspecified atom stereocenters. The van der Waals surface area contributed by atoms with Crippen LogP contribution < -0.4 is 14.8 Å². The molecule has 0 radical (unpaired) electrons. The van der Waals surface area contributed by atoms with E-state index in [-0.39, 0.29) is 12.0 Å². The highest BCUT2D eigenvalue weighted by Crippen LogP contribution is 2.37. The Morgan fingerprint density at radius 2 is 1.91 bits per heavy atom. The van der Waals surface area contributed by atoms with Gasteiger partial charge in [-0.05, 0) is 51.0 Å². The molecule has 1 saturated heterocycles. The molecule has 6 nitrogen and oxygen atoms in total. The number of hydrogen-bond donors (Lipinski definition) is 1. The first kappa shape index (κ1) is 24.1. The number of nitrogens with zero attached hydrogens (tertiary/aromatic N) is 2. The third-order valence-corrected chi connectivity index (χ3v) is 6.10. The molecule has 0 saturated carbocycles. The first-order valence-electron chi connectivity index (χ1n) is 11.2. The van der Waals surface area contributed by atoms with Gasteiger partial charge >= 0.3 is 6.18 Å². The zero-order valence-corrected chi connectivity index (χ0v) is 19.6. The molecule has 1 N–H and O–H groups in total. The van der Waals surface area contributed by atoms with E-state index in [1.807, 2.05) is 13.0 Å². The van der Waals surface area contributed by atoms with Gasteiger partial charge in [0.25, 0.3) is 0 Å². The summed E-state index contributed by atoms with van der Waals surface area (Å²) in [5.74, 6) is 2.42. The van der Waals surface area contributed by atoms with Crippen molar-refractivity contribution in [2.45, 2.75) is 45.5 Å². The Morgan fingerprint density at radius 1 is 1.12 bits per heavy atom. The fraction of sp³-hybridized carbons (Fsp3) is 0.440. The van der Waals surface area contributed by atoms with E-state index in [2.05, 4.69) is 15.3 Å². The number of benzene rings is 2. The summed E-state index contributed by atoms with van der Waals surface area (Å²) in [6.07, 6.45) is -3.56. The summed E-state index contributed by atoms with van der Waals surface area (Å²) in [5, 5.41) is 3.95. The summed E-state index contributed by atoms with van der Waals surface area (Å²) in [7, 11) is 1.57. The van der Waals surface area contributed by atoms with Crippen molar-refractivity contribution in [3.05, 3.63) is 53.3 Å². The fourth-order valence-corrected chi connectivity index (χ4v) is 4.11. The van der Waals surface area contributed by atoms with Gasteiger partial charge in [-0.2, -0.15) is 13.2 Å². The Hall–Kier alpha value is -3.07. The van der Waals surface area contributed by atoms with E-state index in [9.17, 15) is 13.2 Å². The third-order valence-electron chi connectivity index (χ3n) is 6.10. The second-order valence-corrected chi connectivity index (χ2v) is 8.58. The van der Waals surface area contributed by atoms with Crippen LogP contribution >= 0.6 is 0 Å². The topological polar surface area (TPSA) is 65.5 Å². The molecule has 1 aromatic heterocycles. The van der Waals surface area contributed by atoms with Crippen molar-refractivity contribution in [3.8, 4) is 11.5 Å². The summed E-state index contributed by atoms with van der Waals surface area (Å²) < 4.78 is 56.8. The number of nitrogens with one attached hydrogen (secondary N) is 1. The molecule has 0 aliphatic carbocycles. The van der Waals surface area contributed by atoms with Crippen molar-refractivity contribution in [1.82, 2.24) is 9.97 Å². The molecular formula is C25H28F3N3O3. The molecule has 0 amide bonds. The van der Waals surface area contributed by atoms with Crippen molar-refractivity contribution < 1.29 is 27.4 Å². The Kier molecular flexibility index (Phi) is 6.84. The van der Waals surface area contributed by atoms with Crippen molar-refractivity contribution in [1.29, 1.82) is 0 Å². The molecule has 34 heavy (non-hydrogen) atoms. The van der Waals surface area contributed by atoms with Gasteiger partial charge in [-0.1, -0.05) is 12.1 Å². The molecule has 2 aromatic carbocycles. The van der Waals surface area contributed by atoms with E-state index in [0.29, 0.717) is 46.2 Å². The average molecular weight is 476 g/mol. The predicted molar refractivity (Wildman–Crippen MR) is 123 cm³/mol. The van der Waals surface area contributed by atoms with Crippen molar-refractivity contribution in [2.24, 2.45) is 5.92 Å². The summed E-state index contributed by atoms with van der Waals surface area (Å²) in [6, 6.07) is 8.46. The molecule has 1 aliphatic rings. The maximum absolute atomic E-state index is 13.2. The van der Waals surface area contributed by atoms with Crippen LogP contribution in [-0.4, -0.2) is 36.4 Å². The fourth-order valence-electron chi connectivity index (χ4n) is 4.11. The molecule has 2 heterocycles.